The van der Waals surface area contributed by atoms with Crippen molar-refractivity contribution in [1.82, 2.24) is 9.80 Å². The van der Waals surface area contributed by atoms with E-state index in [1.165, 1.54) is 12.8 Å². The first kappa shape index (κ1) is 15.0. The number of amides is 1. The molecule has 2 aliphatic heterocycles. The summed E-state index contributed by atoms with van der Waals surface area (Å²) in [5.41, 5.74) is 0. The van der Waals surface area contributed by atoms with Crippen molar-refractivity contribution in [3.63, 3.8) is 0 Å². The van der Waals surface area contributed by atoms with Gasteiger partial charge in [0, 0.05) is 32.2 Å². The molecule has 116 valence electrons. The Morgan fingerprint density at radius 3 is 2.86 bits per heavy atom. The average Bonchev–Trinajstić information content (AvgIpc) is 2.96. The summed E-state index contributed by atoms with van der Waals surface area (Å²) in [5, 5.41) is 1.99. The molecule has 3 heterocycles. The van der Waals surface area contributed by atoms with Crippen LogP contribution in [0.4, 0.5) is 0 Å². The maximum absolute atomic E-state index is 12.8. The van der Waals surface area contributed by atoms with Gasteiger partial charge >= 0.3 is 0 Å². The Bertz CT molecular complexity index is 443. The second-order valence-corrected chi connectivity index (χ2v) is 6.84. The number of thiophene rings is 1. The van der Waals surface area contributed by atoms with E-state index in [2.05, 4.69) is 9.80 Å². The van der Waals surface area contributed by atoms with E-state index in [1.807, 2.05) is 17.5 Å². The number of hydrogen-bond donors (Lipinski definition) is 0. The van der Waals surface area contributed by atoms with Crippen LogP contribution in [0.25, 0.3) is 0 Å². The summed E-state index contributed by atoms with van der Waals surface area (Å²) < 4.78 is 5.43. The fourth-order valence-electron chi connectivity index (χ4n) is 3.26. The molecule has 5 heteroatoms. The van der Waals surface area contributed by atoms with Crippen LogP contribution in [0.5, 0.6) is 0 Å². The lowest BCUT2D eigenvalue weighted by Gasteiger charge is -2.35. The summed E-state index contributed by atoms with van der Waals surface area (Å²) in [6.45, 7) is 5.55. The molecule has 1 aromatic rings. The van der Waals surface area contributed by atoms with Crippen molar-refractivity contribution in [1.29, 1.82) is 0 Å². The molecule has 0 spiro atoms. The van der Waals surface area contributed by atoms with E-state index >= 15 is 0 Å². The van der Waals surface area contributed by atoms with Crippen LogP contribution in [-0.2, 0) is 4.74 Å². The largest absolute Gasteiger partial charge is 0.379 e. The molecule has 0 radical (unpaired) electrons. The van der Waals surface area contributed by atoms with E-state index in [4.69, 9.17) is 4.74 Å². The van der Waals surface area contributed by atoms with Crippen molar-refractivity contribution < 1.29 is 9.53 Å². The van der Waals surface area contributed by atoms with Crippen LogP contribution in [0.1, 0.15) is 35.4 Å². The van der Waals surface area contributed by atoms with Crippen LogP contribution >= 0.6 is 11.3 Å². The van der Waals surface area contributed by atoms with Gasteiger partial charge in [-0.15, -0.1) is 11.3 Å². The van der Waals surface area contributed by atoms with Crippen LogP contribution in [0, 0.1) is 0 Å². The van der Waals surface area contributed by atoms with Crippen LogP contribution < -0.4 is 0 Å². The quantitative estimate of drug-likeness (QED) is 0.860. The van der Waals surface area contributed by atoms with Crippen molar-refractivity contribution in [2.45, 2.75) is 31.7 Å². The summed E-state index contributed by atoms with van der Waals surface area (Å²) in [7, 11) is 0. The fraction of sp³-hybridized carbons (Fsp3) is 0.688. The topological polar surface area (TPSA) is 32.8 Å². The zero-order valence-corrected chi connectivity index (χ0v) is 13.3. The Hall–Kier alpha value is -0.910. The highest BCUT2D eigenvalue weighted by molar-refractivity contribution is 7.12. The molecule has 0 saturated carbocycles. The first-order valence-corrected chi connectivity index (χ1v) is 8.87. The van der Waals surface area contributed by atoms with Gasteiger partial charge in [-0.05, 0) is 24.3 Å². The maximum atomic E-state index is 12.8. The third-order valence-corrected chi connectivity index (χ3v) is 5.30. The van der Waals surface area contributed by atoms with Gasteiger partial charge in [-0.2, -0.15) is 0 Å². The monoisotopic (exact) mass is 308 g/mol. The van der Waals surface area contributed by atoms with Crippen molar-refractivity contribution in [3.05, 3.63) is 22.4 Å². The molecule has 2 aliphatic rings. The van der Waals surface area contributed by atoms with Crippen molar-refractivity contribution in [2.75, 3.05) is 39.4 Å². The lowest BCUT2D eigenvalue weighted by atomic mass is 10.1. The highest BCUT2D eigenvalue weighted by Crippen LogP contribution is 2.22. The molecule has 4 nitrogen and oxygen atoms in total. The fourth-order valence-corrected chi connectivity index (χ4v) is 3.94. The molecule has 21 heavy (non-hydrogen) atoms. The predicted molar refractivity (Wildman–Crippen MR) is 84.9 cm³/mol. The molecule has 2 fully saturated rings. The zero-order valence-electron chi connectivity index (χ0n) is 12.5. The zero-order chi connectivity index (χ0) is 14.5. The first-order valence-electron chi connectivity index (χ1n) is 7.99. The van der Waals surface area contributed by atoms with Gasteiger partial charge in [0.2, 0.25) is 0 Å². The summed E-state index contributed by atoms with van der Waals surface area (Å²) in [6, 6.07) is 4.27. The minimum Gasteiger partial charge on any atom is -0.379 e. The second kappa shape index (κ2) is 7.38. The van der Waals surface area contributed by atoms with Crippen molar-refractivity contribution in [3.8, 4) is 0 Å². The number of carbonyl (C=O) groups is 1. The minimum absolute atomic E-state index is 0.227. The van der Waals surface area contributed by atoms with Gasteiger partial charge in [0.05, 0.1) is 18.1 Å². The summed E-state index contributed by atoms with van der Waals surface area (Å²) in [4.78, 5) is 18.2. The highest BCUT2D eigenvalue weighted by atomic mass is 32.1. The summed E-state index contributed by atoms with van der Waals surface area (Å²) in [6.07, 6.45) is 4.75. The number of ether oxygens (including phenoxy) is 1. The van der Waals surface area contributed by atoms with E-state index < -0.39 is 0 Å². The van der Waals surface area contributed by atoms with Gasteiger partial charge in [-0.3, -0.25) is 9.69 Å². The number of rotatable bonds is 3. The molecule has 2 saturated heterocycles. The van der Waals surface area contributed by atoms with Gasteiger partial charge < -0.3 is 9.64 Å². The molecule has 0 aromatic carbocycles. The number of nitrogens with zero attached hydrogens (tertiary/aromatic N) is 2. The lowest BCUT2D eigenvalue weighted by molar-refractivity contribution is 0.0219. The minimum atomic E-state index is 0.227. The first-order chi connectivity index (χ1) is 10.3. The normalized spacial score (nSPS) is 24.8. The molecule has 0 N–H and O–H groups in total. The summed E-state index contributed by atoms with van der Waals surface area (Å²) in [5.74, 6) is 0.227. The molecule has 0 aliphatic carbocycles. The van der Waals surface area contributed by atoms with Crippen LogP contribution in [0.15, 0.2) is 17.5 Å². The van der Waals surface area contributed by atoms with E-state index in [1.54, 1.807) is 11.3 Å². The number of likely N-dealkylation sites (tertiary alicyclic amines) is 1. The lowest BCUT2D eigenvalue weighted by Crippen LogP contribution is -2.49. The third-order valence-electron chi connectivity index (χ3n) is 4.44. The van der Waals surface area contributed by atoms with Gasteiger partial charge in [0.1, 0.15) is 0 Å². The molecule has 3 rings (SSSR count). The van der Waals surface area contributed by atoms with Crippen LogP contribution in [0.2, 0.25) is 0 Å². The number of hydrogen-bond acceptors (Lipinski definition) is 4. The Morgan fingerprint density at radius 2 is 2.10 bits per heavy atom. The second-order valence-electron chi connectivity index (χ2n) is 5.89. The highest BCUT2D eigenvalue weighted by Gasteiger charge is 2.28. The molecule has 1 aromatic heterocycles. The van der Waals surface area contributed by atoms with Gasteiger partial charge in [0.15, 0.2) is 0 Å². The van der Waals surface area contributed by atoms with Crippen LogP contribution in [-0.4, -0.2) is 61.1 Å². The average molecular weight is 308 g/mol. The predicted octanol–water partition coefficient (Wildman–Crippen LogP) is 2.47. The Labute approximate surface area is 130 Å². The Morgan fingerprint density at radius 1 is 1.24 bits per heavy atom. The Kier molecular flexibility index (Phi) is 5.27. The molecular formula is C16H24N2O2S. The number of carbonyl (C=O) groups excluding carboxylic acids is 1. The number of morpholine rings is 1. The molecule has 1 atom stereocenters. The smallest absolute Gasteiger partial charge is 0.264 e. The van der Waals surface area contributed by atoms with Crippen molar-refractivity contribution >= 4 is 17.2 Å². The van der Waals surface area contributed by atoms with E-state index in [0.29, 0.717) is 6.04 Å². The van der Waals surface area contributed by atoms with Crippen molar-refractivity contribution in [2.24, 2.45) is 0 Å². The third kappa shape index (κ3) is 3.84. The maximum Gasteiger partial charge on any atom is 0.264 e. The standard InChI is InChI=1S/C16H24N2O2S/c19-16(15-6-4-12-21-15)18-7-3-1-2-5-14(18)13-17-8-10-20-11-9-17/h4,6,12,14H,1-3,5,7-11,13H2. The van der Waals surface area contributed by atoms with Gasteiger partial charge in [-0.1, -0.05) is 18.9 Å². The van der Waals surface area contributed by atoms with Crippen LogP contribution in [0.3, 0.4) is 0 Å². The molecule has 0 bridgehead atoms. The van der Waals surface area contributed by atoms with E-state index in [0.717, 1.165) is 57.1 Å². The Balaban J connectivity index is 1.69. The molecule has 1 amide bonds. The van der Waals surface area contributed by atoms with E-state index in [-0.39, 0.29) is 5.91 Å². The molecule has 1 unspecified atom stereocenters. The SMILES string of the molecule is O=C(c1cccs1)N1CCCCCC1CN1CCOCC1. The van der Waals surface area contributed by atoms with Gasteiger partial charge in [0.25, 0.3) is 5.91 Å². The summed E-state index contributed by atoms with van der Waals surface area (Å²) >= 11 is 1.55. The van der Waals surface area contributed by atoms with Gasteiger partial charge in [-0.25, -0.2) is 0 Å². The van der Waals surface area contributed by atoms with E-state index in [9.17, 15) is 4.79 Å². The molecular weight excluding hydrogens is 284 g/mol.